The van der Waals surface area contributed by atoms with E-state index in [-0.39, 0.29) is 6.03 Å². The molecular weight excluding hydrogens is 400 g/mol. The molecule has 1 aliphatic rings. The van der Waals surface area contributed by atoms with Gasteiger partial charge >= 0.3 is 6.03 Å². The van der Waals surface area contributed by atoms with E-state index in [0.717, 1.165) is 34.5 Å². The molecule has 156 valence electrons. The predicted molar refractivity (Wildman–Crippen MR) is 126 cm³/mol. The quantitative estimate of drug-likeness (QED) is 0.406. The summed E-state index contributed by atoms with van der Waals surface area (Å²) in [6.07, 6.45) is 8.57. The maximum atomic E-state index is 12.2. The molecule has 0 spiro atoms. The Labute approximate surface area is 185 Å². The summed E-state index contributed by atoms with van der Waals surface area (Å²) in [4.78, 5) is 21.1. The number of aromatic nitrogens is 2. The van der Waals surface area contributed by atoms with Gasteiger partial charge in [0.15, 0.2) is 0 Å². The van der Waals surface area contributed by atoms with Crippen LogP contribution in [-0.2, 0) is 6.42 Å². The molecule has 32 heavy (non-hydrogen) atoms. The van der Waals surface area contributed by atoms with E-state index in [1.165, 1.54) is 0 Å². The number of nitrogens with zero attached hydrogens (tertiary/aromatic N) is 2. The van der Waals surface area contributed by atoms with Gasteiger partial charge in [-0.3, -0.25) is 4.98 Å². The fraction of sp³-hybridized carbons (Fsp3) is 0.0385. The molecule has 0 fully saturated rings. The third-order valence-electron chi connectivity index (χ3n) is 5.09. The second-order valence-corrected chi connectivity index (χ2v) is 7.25. The van der Waals surface area contributed by atoms with E-state index in [1.807, 2.05) is 54.7 Å². The number of allylic oxidation sites excluding steroid dienone is 1. The summed E-state index contributed by atoms with van der Waals surface area (Å²) in [5.41, 5.74) is 5.50. The van der Waals surface area contributed by atoms with Crippen LogP contribution in [0.1, 0.15) is 11.3 Å². The van der Waals surface area contributed by atoms with Crippen molar-refractivity contribution in [3.05, 3.63) is 103 Å². The van der Waals surface area contributed by atoms with E-state index in [9.17, 15) is 4.79 Å². The molecule has 4 aromatic rings. The van der Waals surface area contributed by atoms with Gasteiger partial charge in [-0.1, -0.05) is 30.4 Å². The van der Waals surface area contributed by atoms with Crippen LogP contribution in [-0.4, -0.2) is 16.0 Å². The number of fused-ring (bicyclic) bond motifs is 1. The molecule has 0 bridgehead atoms. The number of para-hydroxylation sites is 1. The number of carbonyl (C=O) groups excluding carboxylic acids is 1. The summed E-state index contributed by atoms with van der Waals surface area (Å²) in [7, 11) is 0. The van der Waals surface area contributed by atoms with Crippen LogP contribution in [0, 0.1) is 0 Å². The Bertz CT molecular complexity index is 1280. The van der Waals surface area contributed by atoms with Gasteiger partial charge in [-0.15, -0.1) is 0 Å². The zero-order valence-electron chi connectivity index (χ0n) is 17.2. The van der Waals surface area contributed by atoms with Crippen LogP contribution in [0.2, 0.25) is 0 Å². The molecule has 1 aliphatic carbocycles. The van der Waals surface area contributed by atoms with Crippen LogP contribution in [0.25, 0.3) is 17.2 Å². The average molecular weight is 420 g/mol. The summed E-state index contributed by atoms with van der Waals surface area (Å²) in [6.45, 7) is 0. The smallest absolute Gasteiger partial charge is 0.323 e. The molecular formula is C26H20N4O2. The van der Waals surface area contributed by atoms with Crippen molar-refractivity contribution in [2.45, 2.75) is 6.42 Å². The third kappa shape index (κ3) is 4.20. The van der Waals surface area contributed by atoms with E-state index in [0.29, 0.717) is 17.3 Å². The number of carbonyl (C=O) groups is 1. The molecule has 0 atom stereocenters. The Kier molecular flexibility index (Phi) is 5.32. The highest BCUT2D eigenvalue weighted by atomic mass is 16.5. The number of hydrogen-bond acceptors (Lipinski definition) is 4. The van der Waals surface area contributed by atoms with Crippen molar-refractivity contribution in [3.8, 4) is 22.8 Å². The van der Waals surface area contributed by atoms with Crippen molar-refractivity contribution >= 4 is 23.5 Å². The lowest BCUT2D eigenvalue weighted by molar-refractivity contribution is 0.262. The maximum Gasteiger partial charge on any atom is 0.323 e. The first-order valence-electron chi connectivity index (χ1n) is 10.3. The van der Waals surface area contributed by atoms with Crippen molar-refractivity contribution in [2.24, 2.45) is 0 Å². The summed E-state index contributed by atoms with van der Waals surface area (Å²) in [6, 6.07) is 22.0. The molecule has 0 aliphatic heterocycles. The average Bonchev–Trinajstić information content (AvgIpc) is 3.31. The van der Waals surface area contributed by atoms with E-state index in [1.54, 1.807) is 30.5 Å². The molecule has 6 heteroatoms. The lowest BCUT2D eigenvalue weighted by Gasteiger charge is -2.13. The minimum absolute atomic E-state index is 0.309. The van der Waals surface area contributed by atoms with Gasteiger partial charge in [-0.05, 0) is 60.2 Å². The maximum absolute atomic E-state index is 12.2. The van der Waals surface area contributed by atoms with Crippen molar-refractivity contribution in [3.63, 3.8) is 0 Å². The predicted octanol–water partition coefficient (Wildman–Crippen LogP) is 6.15. The van der Waals surface area contributed by atoms with Gasteiger partial charge in [0.2, 0.25) is 5.88 Å². The molecule has 2 N–H and O–H groups in total. The Morgan fingerprint density at radius 1 is 0.781 bits per heavy atom. The lowest BCUT2D eigenvalue weighted by atomic mass is 10.0. The van der Waals surface area contributed by atoms with Crippen molar-refractivity contribution < 1.29 is 9.53 Å². The molecule has 2 aromatic heterocycles. The zero-order valence-corrected chi connectivity index (χ0v) is 17.2. The zero-order chi connectivity index (χ0) is 21.8. The molecule has 0 unspecified atom stereocenters. The number of rotatable bonds is 5. The minimum Gasteiger partial charge on any atom is -0.438 e. The lowest BCUT2D eigenvalue weighted by Crippen LogP contribution is -2.19. The second kappa shape index (κ2) is 8.73. The first-order valence-corrected chi connectivity index (χ1v) is 10.3. The van der Waals surface area contributed by atoms with Gasteiger partial charge in [0.05, 0.1) is 5.69 Å². The standard InChI is InChI=1S/C26H20N4O2/c31-26(29-18-6-2-1-3-7-18)30-19-11-13-20(14-12-19)32-25-23(9-5-16-28-25)21-15-17-27-24-10-4-8-22(21)24/h1-9,11-17H,10H2,(H2,29,30,31). The number of benzene rings is 2. The summed E-state index contributed by atoms with van der Waals surface area (Å²) < 4.78 is 6.10. The number of nitrogens with one attached hydrogen (secondary N) is 2. The van der Waals surface area contributed by atoms with E-state index < -0.39 is 0 Å². The summed E-state index contributed by atoms with van der Waals surface area (Å²) in [5, 5.41) is 5.60. The largest absolute Gasteiger partial charge is 0.438 e. The molecule has 2 aromatic carbocycles. The van der Waals surface area contributed by atoms with Crippen LogP contribution in [0.3, 0.4) is 0 Å². The molecule has 0 saturated carbocycles. The minimum atomic E-state index is -0.309. The van der Waals surface area contributed by atoms with Gasteiger partial charge < -0.3 is 15.4 Å². The Morgan fingerprint density at radius 3 is 2.38 bits per heavy atom. The molecule has 0 saturated heterocycles. The highest BCUT2D eigenvalue weighted by Gasteiger charge is 2.16. The number of pyridine rings is 2. The van der Waals surface area contributed by atoms with Crippen LogP contribution in [0.15, 0.2) is 91.3 Å². The molecule has 6 nitrogen and oxygen atoms in total. The van der Waals surface area contributed by atoms with Crippen LogP contribution in [0.4, 0.5) is 16.2 Å². The first-order chi connectivity index (χ1) is 15.8. The first kappa shape index (κ1) is 19.5. The number of hydrogen-bond donors (Lipinski definition) is 2. The van der Waals surface area contributed by atoms with Gasteiger partial charge in [0, 0.05) is 41.3 Å². The van der Waals surface area contributed by atoms with Gasteiger partial charge in [0.1, 0.15) is 5.75 Å². The Morgan fingerprint density at radius 2 is 1.56 bits per heavy atom. The van der Waals surface area contributed by atoms with Gasteiger partial charge in [0.25, 0.3) is 0 Å². The summed E-state index contributed by atoms with van der Waals surface area (Å²) >= 11 is 0. The summed E-state index contributed by atoms with van der Waals surface area (Å²) in [5.74, 6) is 1.14. The third-order valence-corrected chi connectivity index (χ3v) is 5.09. The van der Waals surface area contributed by atoms with Crippen molar-refractivity contribution in [1.82, 2.24) is 9.97 Å². The number of ether oxygens (including phenoxy) is 1. The van der Waals surface area contributed by atoms with Gasteiger partial charge in [-0.2, -0.15) is 0 Å². The van der Waals surface area contributed by atoms with Crippen molar-refractivity contribution in [1.29, 1.82) is 0 Å². The van der Waals surface area contributed by atoms with Crippen LogP contribution in [0.5, 0.6) is 11.6 Å². The van der Waals surface area contributed by atoms with Crippen LogP contribution >= 0.6 is 0 Å². The fourth-order valence-corrected chi connectivity index (χ4v) is 3.60. The van der Waals surface area contributed by atoms with Crippen molar-refractivity contribution in [2.75, 3.05) is 10.6 Å². The van der Waals surface area contributed by atoms with E-state index >= 15 is 0 Å². The Balaban J connectivity index is 1.31. The highest BCUT2D eigenvalue weighted by molar-refractivity contribution is 5.99. The highest BCUT2D eigenvalue weighted by Crippen LogP contribution is 2.36. The fourth-order valence-electron chi connectivity index (χ4n) is 3.60. The van der Waals surface area contributed by atoms with Gasteiger partial charge in [-0.25, -0.2) is 9.78 Å². The topological polar surface area (TPSA) is 76.1 Å². The number of anilines is 2. The SMILES string of the molecule is O=C(Nc1ccccc1)Nc1ccc(Oc2ncccc2-c2ccnc3c2C=CC3)cc1. The number of amides is 2. The van der Waals surface area contributed by atoms with E-state index in [2.05, 4.69) is 32.8 Å². The molecule has 2 heterocycles. The van der Waals surface area contributed by atoms with E-state index in [4.69, 9.17) is 4.74 Å². The molecule has 0 radical (unpaired) electrons. The molecule has 2 amide bonds. The monoisotopic (exact) mass is 420 g/mol. The number of urea groups is 1. The second-order valence-electron chi connectivity index (χ2n) is 7.25. The Hall–Kier alpha value is -4.45. The normalized spacial score (nSPS) is 11.6. The van der Waals surface area contributed by atoms with Crippen LogP contribution < -0.4 is 15.4 Å². The molecule has 5 rings (SSSR count).